The first-order chi connectivity index (χ1) is 18.7. The molecule has 0 spiro atoms. The van der Waals surface area contributed by atoms with Crippen LogP contribution >= 0.6 is 0 Å². The number of halogens is 1. The standard InChI is InChI=1S/C31H34FN3O4/c1-4-39-29(37)31(17-19-34(20-18-31)30(38)33(3)25-15-13-24(32)14-16-25)22-28(36)35(26-10-6-5-7-11-26)27-12-8-9-23(2)21-27/h5-16,21H,4,17-20,22H2,1-3H3. The van der Waals surface area contributed by atoms with Gasteiger partial charge in [0.15, 0.2) is 0 Å². The molecule has 0 bridgehead atoms. The summed E-state index contributed by atoms with van der Waals surface area (Å²) in [5.74, 6) is -1.02. The van der Waals surface area contributed by atoms with E-state index in [4.69, 9.17) is 4.74 Å². The number of hydrogen-bond donors (Lipinski definition) is 0. The van der Waals surface area contributed by atoms with Crippen molar-refractivity contribution in [1.82, 2.24) is 4.90 Å². The number of piperidine rings is 1. The van der Waals surface area contributed by atoms with E-state index in [0.717, 1.165) is 11.3 Å². The Balaban J connectivity index is 1.56. The van der Waals surface area contributed by atoms with E-state index < -0.39 is 11.4 Å². The summed E-state index contributed by atoms with van der Waals surface area (Å²) in [6, 6.07) is 22.5. The summed E-state index contributed by atoms with van der Waals surface area (Å²) in [6.45, 7) is 4.48. The summed E-state index contributed by atoms with van der Waals surface area (Å²) in [7, 11) is 1.63. The predicted molar refractivity (Wildman–Crippen MR) is 149 cm³/mol. The van der Waals surface area contributed by atoms with Crippen molar-refractivity contribution in [1.29, 1.82) is 0 Å². The van der Waals surface area contributed by atoms with Crippen LogP contribution in [0.25, 0.3) is 0 Å². The van der Waals surface area contributed by atoms with Crippen molar-refractivity contribution in [3.63, 3.8) is 0 Å². The van der Waals surface area contributed by atoms with Crippen molar-refractivity contribution in [2.24, 2.45) is 5.41 Å². The fraction of sp³-hybridized carbons (Fsp3) is 0.323. The number of aryl methyl sites for hydroxylation is 1. The van der Waals surface area contributed by atoms with Crippen molar-refractivity contribution < 1.29 is 23.5 Å². The minimum absolute atomic E-state index is 0.0511. The third-order valence-electron chi connectivity index (χ3n) is 7.21. The second kappa shape index (κ2) is 12.1. The molecule has 0 aliphatic carbocycles. The molecule has 8 heteroatoms. The van der Waals surface area contributed by atoms with E-state index in [-0.39, 0.29) is 56.7 Å². The summed E-state index contributed by atoms with van der Waals surface area (Å²) in [5.41, 5.74) is 1.95. The number of likely N-dealkylation sites (tertiary alicyclic amines) is 1. The molecule has 7 nitrogen and oxygen atoms in total. The van der Waals surface area contributed by atoms with Gasteiger partial charge >= 0.3 is 12.0 Å². The van der Waals surface area contributed by atoms with Gasteiger partial charge in [0.1, 0.15) is 5.82 Å². The van der Waals surface area contributed by atoms with E-state index in [1.165, 1.54) is 17.0 Å². The smallest absolute Gasteiger partial charge is 0.324 e. The monoisotopic (exact) mass is 531 g/mol. The lowest BCUT2D eigenvalue weighted by Gasteiger charge is -2.41. The van der Waals surface area contributed by atoms with Crippen LogP contribution in [0.3, 0.4) is 0 Å². The summed E-state index contributed by atoms with van der Waals surface area (Å²) in [4.78, 5) is 45.2. The van der Waals surface area contributed by atoms with Crippen LogP contribution in [0.1, 0.15) is 31.7 Å². The highest BCUT2D eigenvalue weighted by Crippen LogP contribution is 2.39. The zero-order chi connectivity index (χ0) is 28.0. The fourth-order valence-corrected chi connectivity index (χ4v) is 5.00. The Morgan fingerprint density at radius 3 is 2.15 bits per heavy atom. The third kappa shape index (κ3) is 6.28. The summed E-state index contributed by atoms with van der Waals surface area (Å²) >= 11 is 0. The van der Waals surface area contributed by atoms with Gasteiger partial charge in [-0.15, -0.1) is 0 Å². The SMILES string of the molecule is CCOC(=O)C1(CC(=O)N(c2ccccc2)c2cccc(C)c2)CCN(C(=O)N(C)c2ccc(F)cc2)CC1. The molecule has 0 aromatic heterocycles. The predicted octanol–water partition coefficient (Wildman–Crippen LogP) is 6.09. The molecule has 1 aliphatic rings. The maximum Gasteiger partial charge on any atom is 0.324 e. The fourth-order valence-electron chi connectivity index (χ4n) is 5.00. The number of nitrogens with zero attached hydrogens (tertiary/aromatic N) is 3. The molecule has 0 atom stereocenters. The van der Waals surface area contributed by atoms with Crippen molar-refractivity contribution in [2.75, 3.05) is 36.5 Å². The molecule has 1 heterocycles. The molecule has 1 saturated heterocycles. The molecule has 0 N–H and O–H groups in total. The zero-order valence-electron chi connectivity index (χ0n) is 22.6. The number of ether oxygens (including phenoxy) is 1. The van der Waals surface area contributed by atoms with Crippen LogP contribution < -0.4 is 9.80 Å². The minimum Gasteiger partial charge on any atom is -0.466 e. The van der Waals surface area contributed by atoms with E-state index in [2.05, 4.69) is 0 Å². The molecule has 3 amide bonds. The molecule has 0 saturated carbocycles. The number of rotatable bonds is 7. The molecule has 4 rings (SSSR count). The average Bonchev–Trinajstić information content (AvgIpc) is 2.94. The lowest BCUT2D eigenvalue weighted by molar-refractivity contribution is -0.160. The largest absolute Gasteiger partial charge is 0.466 e. The van der Waals surface area contributed by atoms with E-state index in [1.807, 2.05) is 61.5 Å². The molecule has 3 aromatic rings. The summed E-state index contributed by atoms with van der Waals surface area (Å²) < 4.78 is 18.8. The van der Waals surface area contributed by atoms with Gasteiger partial charge in [0.25, 0.3) is 0 Å². The van der Waals surface area contributed by atoms with Crippen LogP contribution in [0, 0.1) is 18.2 Å². The maximum absolute atomic E-state index is 14.0. The zero-order valence-corrected chi connectivity index (χ0v) is 22.6. The number of amides is 3. The molecule has 0 unspecified atom stereocenters. The van der Waals surface area contributed by atoms with Gasteiger partial charge in [0, 0.05) is 43.6 Å². The van der Waals surface area contributed by atoms with Crippen molar-refractivity contribution >= 4 is 35.0 Å². The van der Waals surface area contributed by atoms with Gasteiger partial charge in [-0.3, -0.25) is 19.4 Å². The van der Waals surface area contributed by atoms with Gasteiger partial charge in [0.2, 0.25) is 5.91 Å². The highest BCUT2D eigenvalue weighted by molar-refractivity contribution is 6.02. The molecule has 204 valence electrons. The van der Waals surface area contributed by atoms with Crippen LogP contribution in [0.15, 0.2) is 78.9 Å². The number of esters is 1. The highest BCUT2D eigenvalue weighted by Gasteiger charge is 2.46. The number of benzene rings is 3. The Labute approximate surface area is 228 Å². The first-order valence-corrected chi connectivity index (χ1v) is 13.1. The average molecular weight is 532 g/mol. The third-order valence-corrected chi connectivity index (χ3v) is 7.21. The molecule has 0 radical (unpaired) electrons. The number of anilines is 3. The van der Waals surface area contributed by atoms with Gasteiger partial charge in [0.05, 0.1) is 12.0 Å². The highest BCUT2D eigenvalue weighted by atomic mass is 19.1. The van der Waals surface area contributed by atoms with Gasteiger partial charge in [-0.25, -0.2) is 9.18 Å². The first-order valence-electron chi connectivity index (χ1n) is 13.1. The number of carbonyl (C=O) groups excluding carboxylic acids is 3. The molecule has 3 aromatic carbocycles. The van der Waals surface area contributed by atoms with Gasteiger partial charge < -0.3 is 9.64 Å². The number of carbonyl (C=O) groups is 3. The number of hydrogen-bond acceptors (Lipinski definition) is 4. The second-order valence-corrected chi connectivity index (χ2v) is 9.89. The summed E-state index contributed by atoms with van der Waals surface area (Å²) in [5, 5.41) is 0. The number of urea groups is 1. The Morgan fingerprint density at radius 1 is 0.897 bits per heavy atom. The molecule has 1 aliphatic heterocycles. The quantitative estimate of drug-likeness (QED) is 0.346. The summed E-state index contributed by atoms with van der Waals surface area (Å²) in [6.07, 6.45) is 0.526. The maximum atomic E-state index is 14.0. The van der Waals surface area contributed by atoms with Crippen molar-refractivity contribution in [3.05, 3.63) is 90.2 Å². The lowest BCUT2D eigenvalue weighted by atomic mass is 9.75. The minimum atomic E-state index is -1.06. The van der Waals surface area contributed by atoms with Gasteiger partial charge in [-0.2, -0.15) is 0 Å². The lowest BCUT2D eigenvalue weighted by Crippen LogP contribution is -2.51. The number of para-hydroxylation sites is 1. The van der Waals surface area contributed by atoms with Gasteiger partial charge in [-0.05, 0) is 80.8 Å². The van der Waals surface area contributed by atoms with Crippen LogP contribution in [0.2, 0.25) is 0 Å². The van der Waals surface area contributed by atoms with Crippen LogP contribution in [-0.4, -0.2) is 49.6 Å². The van der Waals surface area contributed by atoms with Crippen LogP contribution in [0.5, 0.6) is 0 Å². The first kappa shape index (κ1) is 27.8. The van der Waals surface area contributed by atoms with Crippen molar-refractivity contribution in [2.45, 2.75) is 33.1 Å². The second-order valence-electron chi connectivity index (χ2n) is 9.89. The normalized spacial score (nSPS) is 14.4. The Kier molecular flexibility index (Phi) is 8.64. The molecule has 1 fully saturated rings. The van der Waals surface area contributed by atoms with Gasteiger partial charge in [-0.1, -0.05) is 30.3 Å². The molecule has 39 heavy (non-hydrogen) atoms. The van der Waals surface area contributed by atoms with E-state index in [1.54, 1.807) is 35.9 Å². The van der Waals surface area contributed by atoms with E-state index in [0.29, 0.717) is 11.4 Å². The topological polar surface area (TPSA) is 70.2 Å². The Morgan fingerprint density at radius 2 is 1.54 bits per heavy atom. The Bertz CT molecular complexity index is 1300. The van der Waals surface area contributed by atoms with E-state index in [9.17, 15) is 18.8 Å². The van der Waals surface area contributed by atoms with E-state index >= 15 is 0 Å². The van der Waals surface area contributed by atoms with Crippen LogP contribution in [0.4, 0.5) is 26.2 Å². The van der Waals surface area contributed by atoms with Crippen LogP contribution in [-0.2, 0) is 14.3 Å². The Hall–Kier alpha value is -4.20. The molecular weight excluding hydrogens is 497 g/mol. The molecular formula is C31H34FN3O4. The van der Waals surface area contributed by atoms with Crippen molar-refractivity contribution in [3.8, 4) is 0 Å².